The summed E-state index contributed by atoms with van der Waals surface area (Å²) in [5, 5.41) is 13.4. The Hall–Kier alpha value is -4.07. The molecule has 0 unspecified atom stereocenters. The Morgan fingerprint density at radius 3 is 2.38 bits per heavy atom. The topological polar surface area (TPSA) is 79.3 Å². The molecule has 4 aromatic carbocycles. The number of nitrogens with one attached hydrogen (secondary N) is 1. The molecule has 0 aliphatic carbocycles. The quantitative estimate of drug-likeness (QED) is 0.238. The zero-order valence-corrected chi connectivity index (χ0v) is 20.9. The number of hydrogen-bond acceptors (Lipinski definition) is 4. The van der Waals surface area contributed by atoms with E-state index in [0.29, 0.717) is 17.0 Å². The summed E-state index contributed by atoms with van der Waals surface area (Å²) in [5.41, 5.74) is 4.72. The van der Waals surface area contributed by atoms with Crippen LogP contribution in [-0.4, -0.2) is 21.4 Å². The van der Waals surface area contributed by atoms with Crippen molar-refractivity contribution in [1.29, 1.82) is 0 Å². The summed E-state index contributed by atoms with van der Waals surface area (Å²) in [4.78, 5) is 24.6. The molecule has 5 nitrogen and oxygen atoms in total. The molecule has 1 amide bonds. The molecular weight excluding hydrogens is 511 g/mol. The van der Waals surface area contributed by atoms with Crippen molar-refractivity contribution in [2.45, 2.75) is 13.0 Å². The molecule has 0 radical (unpaired) electrons. The largest absolute Gasteiger partial charge is 0.478 e. The second-order valence-corrected chi connectivity index (χ2v) is 9.77. The molecule has 37 heavy (non-hydrogen) atoms. The van der Waals surface area contributed by atoms with Gasteiger partial charge in [-0.1, -0.05) is 48.0 Å². The molecule has 0 atom stereocenters. The van der Waals surface area contributed by atoms with Gasteiger partial charge in [0.25, 0.3) is 5.91 Å². The summed E-state index contributed by atoms with van der Waals surface area (Å²) in [6.07, 6.45) is 0.507. The van der Waals surface area contributed by atoms with E-state index >= 15 is 0 Å². The highest BCUT2D eigenvalue weighted by molar-refractivity contribution is 7.13. The normalized spacial score (nSPS) is 11.0. The van der Waals surface area contributed by atoms with Crippen LogP contribution in [0.1, 0.15) is 37.5 Å². The van der Waals surface area contributed by atoms with E-state index in [-0.39, 0.29) is 23.8 Å². The summed E-state index contributed by atoms with van der Waals surface area (Å²) >= 11 is 7.48. The SMILES string of the molecule is O=C(O)c1ccc(CNC(=O)c2cc(-c3ccc(F)cc3)cc3snc(Cc4cccc(Cl)c4)c23)cc1. The van der Waals surface area contributed by atoms with Gasteiger partial charge < -0.3 is 10.4 Å². The van der Waals surface area contributed by atoms with E-state index in [1.165, 1.54) is 35.8 Å². The lowest BCUT2D eigenvalue weighted by atomic mass is 9.97. The van der Waals surface area contributed by atoms with E-state index in [0.717, 1.165) is 38.0 Å². The molecule has 2 N–H and O–H groups in total. The first kappa shape index (κ1) is 24.6. The van der Waals surface area contributed by atoms with Gasteiger partial charge in [0.1, 0.15) is 5.82 Å². The van der Waals surface area contributed by atoms with E-state index in [1.54, 1.807) is 36.4 Å². The number of aromatic carboxylic acids is 1. The van der Waals surface area contributed by atoms with Crippen molar-refractivity contribution in [3.8, 4) is 11.1 Å². The van der Waals surface area contributed by atoms with Crippen LogP contribution in [0.3, 0.4) is 0 Å². The van der Waals surface area contributed by atoms with Crippen LogP contribution in [0.2, 0.25) is 5.02 Å². The number of benzene rings is 4. The number of fused-ring (bicyclic) bond motifs is 1. The van der Waals surface area contributed by atoms with E-state index in [1.807, 2.05) is 24.3 Å². The molecule has 0 saturated carbocycles. The Morgan fingerprint density at radius 2 is 1.68 bits per heavy atom. The fraction of sp³-hybridized carbons (Fsp3) is 0.0690. The minimum absolute atomic E-state index is 0.179. The monoisotopic (exact) mass is 530 g/mol. The van der Waals surface area contributed by atoms with E-state index in [2.05, 4.69) is 9.69 Å². The molecule has 5 aromatic rings. The molecule has 8 heteroatoms. The number of carboxylic acids is 1. The lowest BCUT2D eigenvalue weighted by molar-refractivity contribution is 0.0696. The van der Waals surface area contributed by atoms with Crippen molar-refractivity contribution in [2.75, 3.05) is 0 Å². The second kappa shape index (κ2) is 10.5. The molecule has 0 spiro atoms. The Bertz CT molecular complexity index is 1620. The zero-order valence-electron chi connectivity index (χ0n) is 19.4. The van der Waals surface area contributed by atoms with Crippen molar-refractivity contribution in [2.24, 2.45) is 0 Å². The fourth-order valence-corrected chi connectivity index (χ4v) is 5.20. The van der Waals surface area contributed by atoms with Gasteiger partial charge in [-0.2, -0.15) is 4.37 Å². The summed E-state index contributed by atoms with van der Waals surface area (Å²) in [5.74, 6) is -1.63. The van der Waals surface area contributed by atoms with Crippen LogP contribution >= 0.6 is 23.1 Å². The minimum Gasteiger partial charge on any atom is -0.478 e. The standard InChI is InChI=1S/C29H20ClFN2O3S/c30-22-3-1-2-18(12-22)13-25-27-24(28(34)32-16-17-4-6-20(7-5-17)29(35)36)14-21(15-26(27)37-33-25)19-8-10-23(31)11-9-19/h1-12,14-15H,13,16H2,(H,32,34)(H,35,36). The van der Waals surface area contributed by atoms with Crippen molar-refractivity contribution in [3.63, 3.8) is 0 Å². The zero-order chi connectivity index (χ0) is 25.9. The van der Waals surface area contributed by atoms with Crippen LogP contribution in [0.4, 0.5) is 4.39 Å². The maximum Gasteiger partial charge on any atom is 0.335 e. The Kier molecular flexibility index (Phi) is 6.99. The molecule has 0 aliphatic heterocycles. The highest BCUT2D eigenvalue weighted by atomic mass is 35.5. The van der Waals surface area contributed by atoms with E-state index < -0.39 is 5.97 Å². The summed E-state index contributed by atoms with van der Waals surface area (Å²) in [7, 11) is 0. The number of nitrogens with zero attached hydrogens (tertiary/aromatic N) is 1. The number of hydrogen-bond donors (Lipinski definition) is 2. The maximum absolute atomic E-state index is 13.5. The molecule has 0 fully saturated rings. The number of rotatable bonds is 7. The Labute approximate surface area is 221 Å². The lowest BCUT2D eigenvalue weighted by Crippen LogP contribution is -2.23. The van der Waals surface area contributed by atoms with Crippen molar-refractivity contribution in [3.05, 3.63) is 124 Å². The molecule has 0 aliphatic rings. The molecule has 0 saturated heterocycles. The molecule has 0 bridgehead atoms. The van der Waals surface area contributed by atoms with Gasteiger partial charge in [-0.15, -0.1) is 0 Å². The number of carbonyl (C=O) groups is 2. The number of carbonyl (C=O) groups excluding carboxylic acids is 1. The van der Waals surface area contributed by atoms with Crippen LogP contribution < -0.4 is 5.32 Å². The van der Waals surface area contributed by atoms with Gasteiger partial charge >= 0.3 is 5.97 Å². The first-order chi connectivity index (χ1) is 17.9. The van der Waals surface area contributed by atoms with Crippen LogP contribution in [0.25, 0.3) is 21.2 Å². The maximum atomic E-state index is 13.5. The minimum atomic E-state index is -1.01. The lowest BCUT2D eigenvalue weighted by Gasteiger charge is -2.11. The average Bonchev–Trinajstić information content (AvgIpc) is 3.30. The third-order valence-electron chi connectivity index (χ3n) is 5.98. The second-order valence-electron chi connectivity index (χ2n) is 8.52. The summed E-state index contributed by atoms with van der Waals surface area (Å²) in [6, 6.07) is 23.8. The predicted octanol–water partition coefficient (Wildman–Crippen LogP) is 6.97. The fourth-order valence-electron chi connectivity index (χ4n) is 4.13. The molecule has 1 aromatic heterocycles. The van der Waals surface area contributed by atoms with Crippen LogP contribution in [0, 0.1) is 5.82 Å². The van der Waals surface area contributed by atoms with Crippen LogP contribution in [0.15, 0.2) is 84.9 Å². The van der Waals surface area contributed by atoms with Gasteiger partial charge in [0.05, 0.1) is 21.5 Å². The van der Waals surface area contributed by atoms with Gasteiger partial charge in [-0.25, -0.2) is 9.18 Å². The smallest absolute Gasteiger partial charge is 0.335 e. The predicted molar refractivity (Wildman–Crippen MR) is 144 cm³/mol. The van der Waals surface area contributed by atoms with Crippen molar-refractivity contribution < 1.29 is 19.1 Å². The van der Waals surface area contributed by atoms with Crippen LogP contribution in [0.5, 0.6) is 0 Å². The number of carboxylic acid groups (broad SMARTS) is 1. The van der Waals surface area contributed by atoms with Gasteiger partial charge in [-0.3, -0.25) is 4.79 Å². The van der Waals surface area contributed by atoms with Gasteiger partial charge in [-0.05, 0) is 82.3 Å². The summed E-state index contributed by atoms with van der Waals surface area (Å²) in [6.45, 7) is 0.224. The number of amides is 1. The first-order valence-corrected chi connectivity index (χ1v) is 12.6. The Balaban J connectivity index is 1.52. The highest BCUT2D eigenvalue weighted by Crippen LogP contribution is 2.34. The molecule has 1 heterocycles. The molecule has 184 valence electrons. The highest BCUT2D eigenvalue weighted by Gasteiger charge is 2.19. The van der Waals surface area contributed by atoms with Gasteiger partial charge in [0.15, 0.2) is 0 Å². The van der Waals surface area contributed by atoms with Crippen LogP contribution in [-0.2, 0) is 13.0 Å². The average molecular weight is 531 g/mol. The van der Waals surface area contributed by atoms with Crippen molar-refractivity contribution >= 4 is 45.1 Å². The first-order valence-electron chi connectivity index (χ1n) is 11.4. The molecular formula is C29H20ClFN2O3S. The number of aromatic nitrogens is 1. The van der Waals surface area contributed by atoms with E-state index in [9.17, 15) is 14.0 Å². The molecule has 5 rings (SSSR count). The van der Waals surface area contributed by atoms with Gasteiger partial charge in [0.2, 0.25) is 0 Å². The Morgan fingerprint density at radius 1 is 0.919 bits per heavy atom. The summed E-state index contributed by atoms with van der Waals surface area (Å²) < 4.78 is 19.0. The third-order valence-corrected chi connectivity index (χ3v) is 7.05. The van der Waals surface area contributed by atoms with Crippen molar-refractivity contribution in [1.82, 2.24) is 9.69 Å². The third kappa shape index (κ3) is 5.53. The van der Waals surface area contributed by atoms with Gasteiger partial charge in [0, 0.05) is 23.4 Å². The number of halogens is 2. The van der Waals surface area contributed by atoms with E-state index in [4.69, 9.17) is 16.7 Å².